The van der Waals surface area contributed by atoms with Crippen LogP contribution in [-0.4, -0.2) is 33.6 Å². The normalized spacial score (nSPS) is 10.1. The van der Waals surface area contributed by atoms with E-state index >= 15 is 0 Å². The first kappa shape index (κ1) is 13.0. The van der Waals surface area contributed by atoms with Gasteiger partial charge in [-0.3, -0.25) is 0 Å². The minimum atomic E-state index is 0.801. The standard InChI is InChI=1S/C12H19NO2S/c1-9-7-12(15-4)10(8-11(9)14-3)13(2)5-6-16/h7-8,16H,5-6H2,1-4H3. The number of nitrogens with zero attached hydrogens (tertiary/aromatic N) is 1. The van der Waals surface area contributed by atoms with Gasteiger partial charge in [0.2, 0.25) is 0 Å². The van der Waals surface area contributed by atoms with Crippen LogP contribution in [0.25, 0.3) is 0 Å². The molecule has 0 atom stereocenters. The van der Waals surface area contributed by atoms with E-state index in [-0.39, 0.29) is 0 Å². The molecule has 0 aliphatic heterocycles. The van der Waals surface area contributed by atoms with Crippen molar-refractivity contribution in [3.8, 4) is 11.5 Å². The highest BCUT2D eigenvalue weighted by molar-refractivity contribution is 7.80. The van der Waals surface area contributed by atoms with E-state index in [0.29, 0.717) is 0 Å². The molecule has 0 saturated heterocycles. The van der Waals surface area contributed by atoms with E-state index in [0.717, 1.165) is 35.0 Å². The van der Waals surface area contributed by atoms with Gasteiger partial charge in [0.25, 0.3) is 0 Å². The van der Waals surface area contributed by atoms with Crippen molar-refractivity contribution in [2.24, 2.45) is 0 Å². The Kier molecular flexibility index (Phi) is 4.80. The second kappa shape index (κ2) is 5.89. The van der Waals surface area contributed by atoms with E-state index < -0.39 is 0 Å². The number of hydrogen-bond acceptors (Lipinski definition) is 4. The third kappa shape index (κ3) is 2.76. The molecule has 0 heterocycles. The molecule has 0 unspecified atom stereocenters. The van der Waals surface area contributed by atoms with Gasteiger partial charge in [0.15, 0.2) is 0 Å². The van der Waals surface area contributed by atoms with E-state index in [1.807, 2.05) is 26.1 Å². The number of anilines is 1. The number of hydrogen-bond donors (Lipinski definition) is 1. The molecule has 3 nitrogen and oxygen atoms in total. The van der Waals surface area contributed by atoms with Gasteiger partial charge in [0, 0.05) is 25.4 Å². The number of aryl methyl sites for hydroxylation is 1. The zero-order chi connectivity index (χ0) is 12.1. The maximum Gasteiger partial charge on any atom is 0.142 e. The monoisotopic (exact) mass is 241 g/mol. The van der Waals surface area contributed by atoms with Gasteiger partial charge in [0.05, 0.1) is 19.9 Å². The number of ether oxygens (including phenoxy) is 2. The molecule has 0 aliphatic carbocycles. The average molecular weight is 241 g/mol. The highest BCUT2D eigenvalue weighted by Crippen LogP contribution is 2.34. The van der Waals surface area contributed by atoms with Crippen LogP contribution in [-0.2, 0) is 0 Å². The molecule has 0 saturated carbocycles. The second-order valence-corrected chi connectivity index (χ2v) is 4.09. The third-order valence-electron chi connectivity index (χ3n) is 2.54. The summed E-state index contributed by atoms with van der Waals surface area (Å²) in [6.07, 6.45) is 0. The summed E-state index contributed by atoms with van der Waals surface area (Å²) in [7, 11) is 5.37. The van der Waals surface area contributed by atoms with Gasteiger partial charge in [-0.2, -0.15) is 12.6 Å². The first-order valence-corrected chi connectivity index (χ1v) is 5.82. The van der Waals surface area contributed by atoms with Crippen molar-refractivity contribution in [1.29, 1.82) is 0 Å². The number of rotatable bonds is 5. The maximum atomic E-state index is 5.37. The largest absolute Gasteiger partial charge is 0.496 e. The molecule has 16 heavy (non-hydrogen) atoms. The van der Waals surface area contributed by atoms with Crippen LogP contribution in [0.4, 0.5) is 5.69 Å². The molecule has 4 heteroatoms. The van der Waals surface area contributed by atoms with E-state index in [1.165, 1.54) is 0 Å². The summed E-state index contributed by atoms with van der Waals surface area (Å²) in [4.78, 5) is 2.10. The van der Waals surface area contributed by atoms with E-state index in [2.05, 4.69) is 17.5 Å². The Labute approximate surface area is 103 Å². The van der Waals surface area contributed by atoms with Crippen LogP contribution in [0, 0.1) is 6.92 Å². The summed E-state index contributed by atoms with van der Waals surface area (Å²) >= 11 is 4.23. The topological polar surface area (TPSA) is 21.7 Å². The average Bonchev–Trinajstić information content (AvgIpc) is 2.28. The zero-order valence-electron chi connectivity index (χ0n) is 10.3. The summed E-state index contributed by atoms with van der Waals surface area (Å²) in [5.41, 5.74) is 2.10. The van der Waals surface area contributed by atoms with Crippen molar-refractivity contribution in [2.45, 2.75) is 6.92 Å². The molecule has 1 aromatic rings. The van der Waals surface area contributed by atoms with Gasteiger partial charge in [0.1, 0.15) is 11.5 Å². The highest BCUT2D eigenvalue weighted by Gasteiger charge is 2.11. The van der Waals surface area contributed by atoms with Crippen LogP contribution in [0.15, 0.2) is 12.1 Å². The number of benzene rings is 1. The van der Waals surface area contributed by atoms with Gasteiger partial charge in [-0.15, -0.1) is 0 Å². The number of methoxy groups -OCH3 is 2. The Hall–Kier alpha value is -1.03. The third-order valence-corrected chi connectivity index (χ3v) is 2.74. The van der Waals surface area contributed by atoms with Gasteiger partial charge in [-0.1, -0.05) is 0 Å². The summed E-state index contributed by atoms with van der Waals surface area (Å²) in [6.45, 7) is 2.87. The van der Waals surface area contributed by atoms with Crippen molar-refractivity contribution >= 4 is 18.3 Å². The highest BCUT2D eigenvalue weighted by atomic mass is 32.1. The van der Waals surface area contributed by atoms with Crippen LogP contribution in [0.1, 0.15) is 5.56 Å². The lowest BCUT2D eigenvalue weighted by atomic mass is 10.1. The SMILES string of the molecule is COc1cc(N(C)CCS)c(OC)cc1C. The predicted octanol–water partition coefficient (Wildman–Crippen LogP) is 2.38. The molecule has 0 radical (unpaired) electrons. The fraction of sp³-hybridized carbons (Fsp3) is 0.500. The summed E-state index contributed by atoms with van der Waals surface area (Å²) in [5.74, 6) is 2.54. The minimum absolute atomic E-state index is 0.801. The fourth-order valence-corrected chi connectivity index (χ4v) is 1.90. The molecule has 0 N–H and O–H groups in total. The van der Waals surface area contributed by atoms with Crippen molar-refractivity contribution in [3.05, 3.63) is 17.7 Å². The van der Waals surface area contributed by atoms with Crippen LogP contribution in [0.3, 0.4) is 0 Å². The zero-order valence-corrected chi connectivity index (χ0v) is 11.2. The quantitative estimate of drug-likeness (QED) is 0.800. The molecule has 0 bridgehead atoms. The Morgan fingerprint density at radius 3 is 2.31 bits per heavy atom. The lowest BCUT2D eigenvalue weighted by Crippen LogP contribution is -2.20. The lowest BCUT2D eigenvalue weighted by molar-refractivity contribution is 0.401. The van der Waals surface area contributed by atoms with Crippen molar-refractivity contribution < 1.29 is 9.47 Å². The van der Waals surface area contributed by atoms with Gasteiger partial charge in [-0.05, 0) is 18.6 Å². The first-order chi connectivity index (χ1) is 7.63. The Morgan fingerprint density at radius 1 is 1.19 bits per heavy atom. The van der Waals surface area contributed by atoms with Crippen LogP contribution < -0.4 is 14.4 Å². The number of thiol groups is 1. The molecule has 0 spiro atoms. The lowest BCUT2D eigenvalue weighted by Gasteiger charge is -2.22. The predicted molar refractivity (Wildman–Crippen MR) is 71.4 cm³/mol. The van der Waals surface area contributed by atoms with Gasteiger partial charge in [-0.25, -0.2) is 0 Å². The van der Waals surface area contributed by atoms with E-state index in [1.54, 1.807) is 14.2 Å². The minimum Gasteiger partial charge on any atom is -0.496 e. The summed E-state index contributed by atoms with van der Waals surface area (Å²) in [5, 5.41) is 0. The Balaban J connectivity index is 3.13. The molecule has 1 aromatic carbocycles. The first-order valence-electron chi connectivity index (χ1n) is 5.18. The molecule has 0 aromatic heterocycles. The Bertz CT molecular complexity index is 355. The smallest absolute Gasteiger partial charge is 0.142 e. The summed E-state index contributed by atoms with van der Waals surface area (Å²) in [6, 6.07) is 3.99. The maximum absolute atomic E-state index is 5.37. The second-order valence-electron chi connectivity index (χ2n) is 3.64. The molecular formula is C12H19NO2S. The van der Waals surface area contributed by atoms with Crippen molar-refractivity contribution in [3.63, 3.8) is 0 Å². The molecule has 0 fully saturated rings. The van der Waals surface area contributed by atoms with Crippen molar-refractivity contribution in [1.82, 2.24) is 0 Å². The molecule has 0 aliphatic rings. The van der Waals surface area contributed by atoms with E-state index in [9.17, 15) is 0 Å². The Morgan fingerprint density at radius 2 is 1.81 bits per heavy atom. The fourth-order valence-electron chi connectivity index (χ4n) is 1.60. The molecule has 0 amide bonds. The molecular weight excluding hydrogens is 222 g/mol. The summed E-state index contributed by atoms with van der Waals surface area (Å²) < 4.78 is 10.7. The van der Waals surface area contributed by atoms with E-state index in [4.69, 9.17) is 9.47 Å². The molecule has 1 rings (SSSR count). The van der Waals surface area contributed by atoms with Crippen LogP contribution >= 0.6 is 12.6 Å². The van der Waals surface area contributed by atoms with Crippen LogP contribution in [0.2, 0.25) is 0 Å². The van der Waals surface area contributed by atoms with Gasteiger partial charge >= 0.3 is 0 Å². The van der Waals surface area contributed by atoms with Crippen molar-refractivity contribution in [2.75, 3.05) is 38.5 Å². The van der Waals surface area contributed by atoms with Gasteiger partial charge < -0.3 is 14.4 Å². The molecule has 90 valence electrons. The van der Waals surface area contributed by atoms with Crippen LogP contribution in [0.5, 0.6) is 11.5 Å².